The maximum atomic E-state index is 5.73. The van der Waals surface area contributed by atoms with Gasteiger partial charge in [-0.25, -0.2) is 9.97 Å². The van der Waals surface area contributed by atoms with Crippen LogP contribution in [0.15, 0.2) is 48.5 Å². The minimum atomic E-state index is 0.523. The van der Waals surface area contributed by atoms with Crippen LogP contribution in [0.2, 0.25) is 0 Å². The van der Waals surface area contributed by atoms with Gasteiger partial charge in [-0.05, 0) is 56.7 Å². The summed E-state index contributed by atoms with van der Waals surface area (Å²) in [6.45, 7) is 7.20. The van der Waals surface area contributed by atoms with Crippen LogP contribution in [0.25, 0.3) is 0 Å². The number of nitrogens with zero attached hydrogens (tertiary/aromatic N) is 2. The van der Waals surface area contributed by atoms with Crippen LogP contribution in [0.4, 0.5) is 17.3 Å². The Morgan fingerprint density at radius 3 is 2.29 bits per heavy atom. The molecule has 0 unspecified atom stereocenters. The lowest BCUT2D eigenvalue weighted by atomic mass is 10.1. The second-order valence-corrected chi connectivity index (χ2v) is 6.58. The quantitative estimate of drug-likeness (QED) is 0.556. The van der Waals surface area contributed by atoms with Crippen LogP contribution in [0.3, 0.4) is 0 Å². The van der Waals surface area contributed by atoms with Gasteiger partial charge in [0.15, 0.2) is 0 Å². The van der Waals surface area contributed by atoms with Gasteiger partial charge in [-0.1, -0.05) is 17.7 Å². The van der Waals surface area contributed by atoms with Gasteiger partial charge in [0.05, 0.1) is 13.7 Å². The molecule has 0 atom stereocenters. The van der Waals surface area contributed by atoms with E-state index in [1.165, 1.54) is 11.1 Å². The monoisotopic (exact) mass is 378 g/mol. The van der Waals surface area contributed by atoms with Crippen molar-refractivity contribution in [1.82, 2.24) is 9.97 Å². The Bertz CT molecular complexity index is 926. The molecular formula is C22H26N4O2. The zero-order valence-electron chi connectivity index (χ0n) is 16.7. The largest absolute Gasteiger partial charge is 0.497 e. The molecular weight excluding hydrogens is 352 g/mol. The molecule has 2 aromatic carbocycles. The van der Waals surface area contributed by atoms with Crippen LogP contribution in [-0.2, 0) is 0 Å². The van der Waals surface area contributed by atoms with E-state index >= 15 is 0 Å². The lowest BCUT2D eigenvalue weighted by Crippen LogP contribution is -2.13. The van der Waals surface area contributed by atoms with E-state index in [0.29, 0.717) is 19.0 Å². The van der Waals surface area contributed by atoms with Crippen molar-refractivity contribution in [2.75, 3.05) is 30.9 Å². The molecule has 1 heterocycles. The Kier molecular flexibility index (Phi) is 6.32. The molecule has 0 fully saturated rings. The van der Waals surface area contributed by atoms with E-state index < -0.39 is 0 Å². The highest BCUT2D eigenvalue weighted by Crippen LogP contribution is 2.22. The van der Waals surface area contributed by atoms with Crippen molar-refractivity contribution < 1.29 is 9.47 Å². The van der Waals surface area contributed by atoms with E-state index in [1.54, 1.807) is 7.11 Å². The van der Waals surface area contributed by atoms with Crippen molar-refractivity contribution in [2.45, 2.75) is 20.8 Å². The summed E-state index contributed by atoms with van der Waals surface area (Å²) in [5.74, 6) is 3.84. The molecule has 0 bridgehead atoms. The second kappa shape index (κ2) is 9.08. The Hall–Kier alpha value is -3.28. The highest BCUT2D eigenvalue weighted by molar-refractivity contribution is 5.63. The van der Waals surface area contributed by atoms with Crippen LogP contribution in [0, 0.1) is 20.8 Å². The Morgan fingerprint density at radius 1 is 0.857 bits per heavy atom. The van der Waals surface area contributed by atoms with Crippen molar-refractivity contribution in [3.05, 3.63) is 65.5 Å². The number of rotatable bonds is 8. The SMILES string of the molecule is COc1ccc(OCCNc2cc(Nc3ccc(C)cc3C)nc(C)n2)cc1. The van der Waals surface area contributed by atoms with Crippen LogP contribution in [0.5, 0.6) is 11.5 Å². The zero-order chi connectivity index (χ0) is 19.9. The van der Waals surface area contributed by atoms with Gasteiger partial charge in [-0.2, -0.15) is 0 Å². The molecule has 0 radical (unpaired) electrons. The van der Waals surface area contributed by atoms with E-state index in [0.717, 1.165) is 28.8 Å². The number of hydrogen-bond donors (Lipinski definition) is 2. The lowest BCUT2D eigenvalue weighted by molar-refractivity contribution is 0.331. The van der Waals surface area contributed by atoms with E-state index in [2.05, 4.69) is 52.6 Å². The summed E-state index contributed by atoms with van der Waals surface area (Å²) in [6.07, 6.45) is 0. The van der Waals surface area contributed by atoms with Crippen LogP contribution in [-0.4, -0.2) is 30.2 Å². The fourth-order valence-corrected chi connectivity index (χ4v) is 2.83. The molecule has 1 aromatic heterocycles. The third-order valence-corrected chi connectivity index (χ3v) is 4.22. The second-order valence-electron chi connectivity index (χ2n) is 6.58. The number of ether oxygens (including phenoxy) is 2. The summed E-state index contributed by atoms with van der Waals surface area (Å²) in [5, 5.41) is 6.66. The molecule has 0 amide bonds. The fourth-order valence-electron chi connectivity index (χ4n) is 2.83. The third kappa shape index (κ3) is 5.36. The third-order valence-electron chi connectivity index (χ3n) is 4.22. The summed E-state index contributed by atoms with van der Waals surface area (Å²) in [5.41, 5.74) is 3.46. The highest BCUT2D eigenvalue weighted by atomic mass is 16.5. The Balaban J connectivity index is 1.56. The number of aryl methyl sites for hydroxylation is 3. The van der Waals surface area contributed by atoms with Gasteiger partial charge in [0.2, 0.25) is 0 Å². The van der Waals surface area contributed by atoms with Crippen molar-refractivity contribution >= 4 is 17.3 Å². The number of benzene rings is 2. The first-order chi connectivity index (χ1) is 13.5. The first-order valence-electron chi connectivity index (χ1n) is 9.24. The maximum Gasteiger partial charge on any atom is 0.136 e. The highest BCUT2D eigenvalue weighted by Gasteiger charge is 2.05. The minimum Gasteiger partial charge on any atom is -0.497 e. The number of hydrogen-bond acceptors (Lipinski definition) is 6. The van der Waals surface area contributed by atoms with Gasteiger partial charge < -0.3 is 20.1 Å². The Labute approximate surface area is 166 Å². The molecule has 146 valence electrons. The molecule has 2 N–H and O–H groups in total. The van der Waals surface area contributed by atoms with Crippen LogP contribution in [0.1, 0.15) is 17.0 Å². The van der Waals surface area contributed by atoms with Gasteiger partial charge >= 0.3 is 0 Å². The minimum absolute atomic E-state index is 0.523. The number of aromatic nitrogens is 2. The van der Waals surface area contributed by atoms with Crippen molar-refractivity contribution in [3.8, 4) is 11.5 Å². The zero-order valence-corrected chi connectivity index (χ0v) is 16.7. The average molecular weight is 378 g/mol. The summed E-state index contributed by atoms with van der Waals surface area (Å²) in [6, 6.07) is 15.7. The van der Waals surface area contributed by atoms with Crippen LogP contribution < -0.4 is 20.1 Å². The standard InChI is InChI=1S/C22H26N4O2/c1-15-5-10-20(16(2)13-15)26-22-14-21(24-17(3)25-22)23-11-12-28-19-8-6-18(27-4)7-9-19/h5-10,13-14H,11-12H2,1-4H3,(H2,23,24,25,26). The van der Waals surface area contributed by atoms with Gasteiger partial charge in [-0.3, -0.25) is 0 Å². The van der Waals surface area contributed by atoms with Crippen molar-refractivity contribution in [1.29, 1.82) is 0 Å². The molecule has 0 aliphatic heterocycles. The van der Waals surface area contributed by atoms with Crippen LogP contribution >= 0.6 is 0 Å². The Morgan fingerprint density at radius 2 is 1.57 bits per heavy atom. The molecule has 0 saturated carbocycles. The van der Waals surface area contributed by atoms with Gasteiger partial charge in [0.1, 0.15) is 35.6 Å². The normalized spacial score (nSPS) is 10.4. The predicted molar refractivity (Wildman–Crippen MR) is 113 cm³/mol. The van der Waals surface area contributed by atoms with E-state index in [-0.39, 0.29) is 0 Å². The first kappa shape index (κ1) is 19.5. The lowest BCUT2D eigenvalue weighted by Gasteiger charge is -2.12. The topological polar surface area (TPSA) is 68.3 Å². The van der Waals surface area contributed by atoms with E-state index in [9.17, 15) is 0 Å². The van der Waals surface area contributed by atoms with Crippen molar-refractivity contribution in [3.63, 3.8) is 0 Å². The van der Waals surface area contributed by atoms with Gasteiger partial charge in [-0.15, -0.1) is 0 Å². The predicted octanol–water partition coefficient (Wildman–Crippen LogP) is 4.64. The molecule has 0 aliphatic rings. The summed E-state index contributed by atoms with van der Waals surface area (Å²) in [7, 11) is 1.65. The molecule has 3 aromatic rings. The van der Waals surface area contributed by atoms with E-state index in [1.807, 2.05) is 37.3 Å². The van der Waals surface area contributed by atoms with Gasteiger partial charge in [0.25, 0.3) is 0 Å². The number of methoxy groups -OCH3 is 1. The number of anilines is 3. The number of nitrogens with one attached hydrogen (secondary N) is 2. The summed E-state index contributed by atoms with van der Waals surface area (Å²) < 4.78 is 10.9. The molecule has 0 saturated heterocycles. The molecule has 28 heavy (non-hydrogen) atoms. The molecule has 0 spiro atoms. The summed E-state index contributed by atoms with van der Waals surface area (Å²) in [4.78, 5) is 8.92. The maximum absolute atomic E-state index is 5.73. The summed E-state index contributed by atoms with van der Waals surface area (Å²) >= 11 is 0. The molecule has 0 aliphatic carbocycles. The molecule has 6 heteroatoms. The van der Waals surface area contributed by atoms with E-state index in [4.69, 9.17) is 9.47 Å². The molecule has 6 nitrogen and oxygen atoms in total. The molecule has 3 rings (SSSR count). The van der Waals surface area contributed by atoms with Crippen molar-refractivity contribution in [2.24, 2.45) is 0 Å². The fraction of sp³-hybridized carbons (Fsp3) is 0.273. The van der Waals surface area contributed by atoms with Gasteiger partial charge in [0, 0.05) is 11.8 Å². The first-order valence-corrected chi connectivity index (χ1v) is 9.24. The average Bonchev–Trinajstić information content (AvgIpc) is 2.67. The smallest absolute Gasteiger partial charge is 0.136 e.